The van der Waals surface area contributed by atoms with Crippen molar-refractivity contribution in [2.24, 2.45) is 0 Å². The molecule has 0 aliphatic rings. The van der Waals surface area contributed by atoms with Gasteiger partial charge >= 0.3 is 0 Å². The van der Waals surface area contributed by atoms with E-state index in [0.717, 1.165) is 16.7 Å². The van der Waals surface area contributed by atoms with E-state index in [-0.39, 0.29) is 17.1 Å². The van der Waals surface area contributed by atoms with Gasteiger partial charge in [-0.1, -0.05) is 39.0 Å². The van der Waals surface area contributed by atoms with E-state index >= 15 is 0 Å². The maximum Gasteiger partial charge on any atom is 0.266 e. The molecule has 0 aliphatic carbocycles. The number of nitrogens with one attached hydrogen (secondary N) is 1. The van der Waals surface area contributed by atoms with Crippen LogP contribution < -0.4 is 5.43 Å². The minimum atomic E-state index is -0.292. The summed E-state index contributed by atoms with van der Waals surface area (Å²) in [5.41, 5.74) is 6.04. The van der Waals surface area contributed by atoms with Crippen LogP contribution >= 0.6 is 0 Å². The molecule has 2 rings (SSSR count). The normalized spacial score (nSPS) is 11.6. The number of carbonyl (C=O) groups excluding carboxylic acids is 1. The predicted molar refractivity (Wildman–Crippen MR) is 91.7 cm³/mol. The van der Waals surface area contributed by atoms with Gasteiger partial charge in [0.25, 0.3) is 5.91 Å². The molecule has 0 aromatic heterocycles. The van der Waals surface area contributed by atoms with Crippen molar-refractivity contribution >= 4 is 5.91 Å². The zero-order valence-electron chi connectivity index (χ0n) is 14.3. The maximum atomic E-state index is 13.2. The smallest absolute Gasteiger partial charge is 0.266 e. The summed E-state index contributed by atoms with van der Waals surface area (Å²) in [5.74, 6) is -0.477. The number of amides is 1. The van der Waals surface area contributed by atoms with Crippen molar-refractivity contribution in [2.45, 2.75) is 26.2 Å². The zero-order valence-corrected chi connectivity index (χ0v) is 14.3. The minimum Gasteiger partial charge on any atom is -0.285 e. The number of carbonyl (C=O) groups is 1. The first kappa shape index (κ1) is 17.2. The lowest BCUT2D eigenvalue weighted by Crippen LogP contribution is -2.36. The van der Waals surface area contributed by atoms with E-state index in [1.807, 2.05) is 18.2 Å². The SMILES string of the molecule is CN(C)NC(=O)c1ccc(C(C)(C)C)cc1-c1ccc(F)cc1. The van der Waals surface area contributed by atoms with Crippen molar-refractivity contribution in [2.75, 3.05) is 14.1 Å². The quantitative estimate of drug-likeness (QED) is 0.869. The molecule has 0 saturated carbocycles. The van der Waals surface area contributed by atoms with Crippen molar-refractivity contribution in [3.63, 3.8) is 0 Å². The van der Waals surface area contributed by atoms with Crippen LogP contribution in [0.1, 0.15) is 36.7 Å². The summed E-state index contributed by atoms with van der Waals surface area (Å²) in [7, 11) is 3.53. The fraction of sp³-hybridized carbons (Fsp3) is 0.316. The molecule has 3 nitrogen and oxygen atoms in total. The third kappa shape index (κ3) is 4.17. The Bertz CT molecular complexity index is 700. The predicted octanol–water partition coefficient (Wildman–Crippen LogP) is 4.00. The van der Waals surface area contributed by atoms with Crippen molar-refractivity contribution in [3.05, 3.63) is 59.4 Å². The van der Waals surface area contributed by atoms with Gasteiger partial charge in [0.2, 0.25) is 0 Å². The number of nitrogens with zero attached hydrogens (tertiary/aromatic N) is 1. The van der Waals surface area contributed by atoms with Crippen molar-refractivity contribution in [1.29, 1.82) is 0 Å². The van der Waals surface area contributed by atoms with Crippen LogP contribution in [0, 0.1) is 5.82 Å². The van der Waals surface area contributed by atoms with Crippen molar-refractivity contribution in [3.8, 4) is 11.1 Å². The lowest BCUT2D eigenvalue weighted by atomic mass is 9.84. The van der Waals surface area contributed by atoms with Gasteiger partial charge in [-0.3, -0.25) is 10.2 Å². The third-order valence-corrected chi connectivity index (χ3v) is 3.61. The summed E-state index contributed by atoms with van der Waals surface area (Å²) >= 11 is 0. The highest BCUT2D eigenvalue weighted by atomic mass is 19.1. The topological polar surface area (TPSA) is 32.3 Å². The van der Waals surface area contributed by atoms with Crippen LogP contribution in [-0.4, -0.2) is 25.0 Å². The van der Waals surface area contributed by atoms with Crippen molar-refractivity contribution in [1.82, 2.24) is 10.4 Å². The number of rotatable bonds is 3. The number of hydrazine groups is 1. The molecule has 0 atom stereocenters. The van der Waals surface area contributed by atoms with Crippen LogP contribution in [0.4, 0.5) is 4.39 Å². The van der Waals surface area contributed by atoms with Gasteiger partial charge in [-0.2, -0.15) is 0 Å². The van der Waals surface area contributed by atoms with Gasteiger partial charge < -0.3 is 0 Å². The molecule has 4 heteroatoms. The molecule has 0 radical (unpaired) electrons. The first-order chi connectivity index (χ1) is 10.7. The van der Waals surface area contributed by atoms with Gasteiger partial charge in [0.05, 0.1) is 0 Å². The van der Waals surface area contributed by atoms with E-state index < -0.39 is 0 Å². The van der Waals surface area contributed by atoms with Crippen LogP contribution in [0.15, 0.2) is 42.5 Å². The highest BCUT2D eigenvalue weighted by Crippen LogP contribution is 2.30. The molecule has 0 fully saturated rings. The van der Waals surface area contributed by atoms with Gasteiger partial charge in [0.15, 0.2) is 0 Å². The molecule has 1 N–H and O–H groups in total. The first-order valence-corrected chi connectivity index (χ1v) is 7.57. The van der Waals surface area contributed by atoms with Gasteiger partial charge in [0, 0.05) is 19.7 Å². The van der Waals surface area contributed by atoms with Crippen LogP contribution in [-0.2, 0) is 5.41 Å². The average molecular weight is 314 g/mol. The standard InChI is InChI=1S/C19H23FN2O/c1-19(2,3)14-8-11-16(18(23)21-22(4)5)17(12-14)13-6-9-15(20)10-7-13/h6-12H,1-5H3,(H,21,23). The fourth-order valence-corrected chi connectivity index (χ4v) is 2.34. The van der Waals surface area contributed by atoms with E-state index in [0.29, 0.717) is 5.56 Å². The van der Waals surface area contributed by atoms with Crippen LogP contribution in [0.25, 0.3) is 11.1 Å². The van der Waals surface area contributed by atoms with Crippen LogP contribution in [0.2, 0.25) is 0 Å². The van der Waals surface area contributed by atoms with Crippen LogP contribution in [0.5, 0.6) is 0 Å². The highest BCUT2D eigenvalue weighted by Gasteiger charge is 2.19. The molecule has 0 aliphatic heterocycles. The molecule has 0 spiro atoms. The summed E-state index contributed by atoms with van der Waals surface area (Å²) in [6.45, 7) is 6.36. The molecule has 0 heterocycles. The number of hydrogen-bond acceptors (Lipinski definition) is 2. The third-order valence-electron chi connectivity index (χ3n) is 3.61. The number of hydrogen-bond donors (Lipinski definition) is 1. The summed E-state index contributed by atoms with van der Waals surface area (Å²) in [6, 6.07) is 12.0. The number of benzene rings is 2. The maximum absolute atomic E-state index is 13.2. The Hall–Kier alpha value is -2.20. The number of halogens is 1. The Morgan fingerprint density at radius 3 is 2.17 bits per heavy atom. The van der Waals surface area contributed by atoms with E-state index in [2.05, 4.69) is 26.2 Å². The minimum absolute atomic E-state index is 0.0364. The lowest BCUT2D eigenvalue weighted by Gasteiger charge is -2.22. The molecular formula is C19H23FN2O. The van der Waals surface area contributed by atoms with Gasteiger partial charge in [-0.15, -0.1) is 0 Å². The molecule has 0 saturated heterocycles. The fourth-order valence-electron chi connectivity index (χ4n) is 2.34. The lowest BCUT2D eigenvalue weighted by molar-refractivity contribution is 0.0857. The zero-order chi connectivity index (χ0) is 17.2. The first-order valence-electron chi connectivity index (χ1n) is 7.57. The Kier molecular flexibility index (Phi) is 4.85. The Balaban J connectivity index is 2.58. The Morgan fingerprint density at radius 2 is 1.65 bits per heavy atom. The molecule has 23 heavy (non-hydrogen) atoms. The molecule has 0 bridgehead atoms. The largest absolute Gasteiger partial charge is 0.285 e. The van der Waals surface area contributed by atoms with E-state index in [9.17, 15) is 9.18 Å². The molecule has 2 aromatic carbocycles. The molecule has 1 amide bonds. The monoisotopic (exact) mass is 314 g/mol. The van der Waals surface area contributed by atoms with Crippen molar-refractivity contribution < 1.29 is 9.18 Å². The molecule has 122 valence electrons. The van der Waals surface area contributed by atoms with E-state index in [1.54, 1.807) is 31.2 Å². The second-order valence-corrected chi connectivity index (χ2v) is 6.85. The summed E-state index contributed by atoms with van der Waals surface area (Å²) in [5, 5.41) is 1.61. The summed E-state index contributed by atoms with van der Waals surface area (Å²) in [4.78, 5) is 12.5. The Labute approximate surface area is 137 Å². The molecular weight excluding hydrogens is 291 g/mol. The average Bonchev–Trinajstić information content (AvgIpc) is 2.45. The van der Waals surface area contributed by atoms with Gasteiger partial charge in [-0.05, 0) is 46.4 Å². The van der Waals surface area contributed by atoms with Gasteiger partial charge in [-0.25, -0.2) is 9.40 Å². The van der Waals surface area contributed by atoms with Gasteiger partial charge in [0.1, 0.15) is 5.82 Å². The van der Waals surface area contributed by atoms with Crippen LogP contribution in [0.3, 0.4) is 0 Å². The highest BCUT2D eigenvalue weighted by molar-refractivity contribution is 6.00. The second kappa shape index (κ2) is 6.50. The Morgan fingerprint density at radius 1 is 1.04 bits per heavy atom. The summed E-state index contributed by atoms with van der Waals surface area (Å²) < 4.78 is 13.2. The molecule has 0 unspecified atom stereocenters. The van der Waals surface area contributed by atoms with E-state index in [4.69, 9.17) is 0 Å². The molecule has 2 aromatic rings. The summed E-state index contributed by atoms with van der Waals surface area (Å²) in [6.07, 6.45) is 0. The van der Waals surface area contributed by atoms with E-state index in [1.165, 1.54) is 12.1 Å². The second-order valence-electron chi connectivity index (χ2n) is 6.85.